The zero-order valence-electron chi connectivity index (χ0n) is 10.7. The van der Waals surface area contributed by atoms with Crippen LogP contribution in [0.1, 0.15) is 10.4 Å². The van der Waals surface area contributed by atoms with E-state index in [4.69, 9.17) is 4.74 Å². The first-order chi connectivity index (χ1) is 9.70. The van der Waals surface area contributed by atoms with E-state index in [1.54, 1.807) is 49.6 Å². The summed E-state index contributed by atoms with van der Waals surface area (Å²) in [6.45, 7) is 0. The molecule has 2 aromatic carbocycles. The fraction of sp³-hybridized carbons (Fsp3) is 0.0667. The van der Waals surface area contributed by atoms with E-state index in [9.17, 15) is 9.59 Å². The van der Waals surface area contributed by atoms with E-state index in [0.29, 0.717) is 22.2 Å². The third-order valence-electron chi connectivity index (χ3n) is 3.02. The van der Waals surface area contributed by atoms with E-state index < -0.39 is 0 Å². The first-order valence-electron chi connectivity index (χ1n) is 6.00. The second-order valence-corrected chi connectivity index (χ2v) is 5.15. The summed E-state index contributed by atoms with van der Waals surface area (Å²) in [7, 11) is 1.55. The van der Waals surface area contributed by atoms with Crippen molar-refractivity contribution >= 4 is 28.3 Å². The minimum absolute atomic E-state index is 0.114. The molecule has 1 aromatic heterocycles. The standard InChI is InChI=1S/C15H11NO3S/c1-19-11-6-4-5-10(9-11)14(17)16-13-8-3-2-7-12(13)15(18)20-16/h2-9H,1H3. The molecule has 3 rings (SSSR count). The zero-order chi connectivity index (χ0) is 14.1. The lowest BCUT2D eigenvalue weighted by atomic mass is 10.2. The Morgan fingerprint density at radius 3 is 2.75 bits per heavy atom. The number of methoxy groups -OCH3 is 1. The van der Waals surface area contributed by atoms with E-state index in [1.807, 2.05) is 6.07 Å². The quantitative estimate of drug-likeness (QED) is 0.727. The van der Waals surface area contributed by atoms with Crippen molar-refractivity contribution in [1.29, 1.82) is 0 Å². The number of rotatable bonds is 2. The number of aromatic nitrogens is 1. The lowest BCUT2D eigenvalue weighted by molar-refractivity contribution is 0.0975. The molecule has 0 radical (unpaired) electrons. The Kier molecular flexibility index (Phi) is 3.12. The van der Waals surface area contributed by atoms with Gasteiger partial charge >= 0.3 is 0 Å². The molecule has 4 nitrogen and oxygen atoms in total. The van der Waals surface area contributed by atoms with Gasteiger partial charge in [-0.15, -0.1) is 0 Å². The van der Waals surface area contributed by atoms with Gasteiger partial charge in [-0.2, -0.15) is 0 Å². The topological polar surface area (TPSA) is 48.3 Å². The van der Waals surface area contributed by atoms with Crippen LogP contribution < -0.4 is 9.48 Å². The van der Waals surface area contributed by atoms with Gasteiger partial charge in [-0.1, -0.05) is 18.2 Å². The highest BCUT2D eigenvalue weighted by Gasteiger charge is 2.15. The SMILES string of the molecule is COc1cccc(C(=O)n2sc(=O)c3ccccc32)c1. The van der Waals surface area contributed by atoms with E-state index in [1.165, 1.54) is 3.96 Å². The summed E-state index contributed by atoms with van der Waals surface area (Å²) in [5, 5.41) is 0.564. The third-order valence-corrected chi connectivity index (χ3v) is 3.95. The van der Waals surface area contributed by atoms with Gasteiger partial charge in [0.05, 0.1) is 18.0 Å². The van der Waals surface area contributed by atoms with Gasteiger partial charge in [0.15, 0.2) is 0 Å². The van der Waals surface area contributed by atoms with Crippen LogP contribution in [0.25, 0.3) is 10.9 Å². The number of fused-ring (bicyclic) bond motifs is 1. The number of hydrogen-bond donors (Lipinski definition) is 0. The lowest BCUT2D eigenvalue weighted by Crippen LogP contribution is -2.09. The largest absolute Gasteiger partial charge is 0.497 e. The molecule has 0 amide bonds. The van der Waals surface area contributed by atoms with Crippen LogP contribution in [-0.2, 0) is 0 Å². The fourth-order valence-corrected chi connectivity index (χ4v) is 2.91. The molecule has 100 valence electrons. The lowest BCUT2D eigenvalue weighted by Gasteiger charge is -2.04. The van der Waals surface area contributed by atoms with Crippen molar-refractivity contribution in [1.82, 2.24) is 3.96 Å². The minimum atomic E-state index is -0.229. The van der Waals surface area contributed by atoms with E-state index in [2.05, 4.69) is 0 Å². The average molecular weight is 285 g/mol. The second kappa shape index (κ2) is 4.94. The highest BCUT2D eigenvalue weighted by molar-refractivity contribution is 7.06. The molecule has 20 heavy (non-hydrogen) atoms. The molecule has 0 atom stereocenters. The number of para-hydroxylation sites is 1. The highest BCUT2D eigenvalue weighted by Crippen LogP contribution is 2.18. The van der Waals surface area contributed by atoms with Gasteiger partial charge in [-0.25, -0.2) is 3.96 Å². The Morgan fingerprint density at radius 2 is 1.95 bits per heavy atom. The van der Waals surface area contributed by atoms with E-state index >= 15 is 0 Å². The van der Waals surface area contributed by atoms with Gasteiger partial charge < -0.3 is 4.74 Å². The monoisotopic (exact) mass is 285 g/mol. The first-order valence-corrected chi connectivity index (χ1v) is 6.78. The highest BCUT2D eigenvalue weighted by atomic mass is 32.1. The van der Waals surface area contributed by atoms with Gasteiger partial charge in [0.2, 0.25) is 0 Å². The Labute approximate surface area is 119 Å². The number of hydrogen-bond acceptors (Lipinski definition) is 4. The molecule has 0 fully saturated rings. The molecule has 0 aliphatic heterocycles. The van der Waals surface area contributed by atoms with Crippen molar-refractivity contribution < 1.29 is 9.53 Å². The van der Waals surface area contributed by atoms with Gasteiger partial charge in [0, 0.05) is 5.56 Å². The van der Waals surface area contributed by atoms with Gasteiger partial charge in [0.1, 0.15) is 5.75 Å². The molecule has 0 spiro atoms. The van der Waals surface area contributed by atoms with Crippen molar-refractivity contribution in [3.63, 3.8) is 0 Å². The van der Waals surface area contributed by atoms with Crippen molar-refractivity contribution in [2.45, 2.75) is 0 Å². The number of nitrogens with zero attached hydrogens (tertiary/aromatic N) is 1. The summed E-state index contributed by atoms with van der Waals surface area (Å²) in [5.74, 6) is 0.381. The van der Waals surface area contributed by atoms with Crippen LogP contribution in [-0.4, -0.2) is 17.0 Å². The molecule has 1 heterocycles. The van der Waals surface area contributed by atoms with Gasteiger partial charge in [0.25, 0.3) is 10.6 Å². The maximum Gasteiger partial charge on any atom is 0.271 e. The molecule has 0 unspecified atom stereocenters. The Morgan fingerprint density at radius 1 is 1.15 bits per heavy atom. The van der Waals surface area contributed by atoms with Gasteiger partial charge in [-0.05, 0) is 41.9 Å². The molecule has 0 aliphatic rings. The molecule has 0 saturated heterocycles. The fourth-order valence-electron chi connectivity index (χ4n) is 2.03. The molecular weight excluding hydrogens is 274 g/mol. The number of carbonyl (C=O) groups excluding carboxylic acids is 1. The Balaban J connectivity index is 2.15. The van der Waals surface area contributed by atoms with Crippen LogP contribution in [0.2, 0.25) is 0 Å². The van der Waals surface area contributed by atoms with Crippen LogP contribution in [0, 0.1) is 0 Å². The molecule has 0 saturated carbocycles. The summed E-state index contributed by atoms with van der Waals surface area (Å²) in [6, 6.07) is 14.0. The summed E-state index contributed by atoms with van der Waals surface area (Å²) < 4.78 is 6.42. The molecule has 0 aliphatic carbocycles. The number of benzene rings is 2. The maximum atomic E-state index is 12.5. The molecule has 0 bridgehead atoms. The maximum absolute atomic E-state index is 12.5. The van der Waals surface area contributed by atoms with Crippen molar-refractivity contribution in [3.8, 4) is 5.75 Å². The normalized spacial score (nSPS) is 10.7. The first kappa shape index (κ1) is 12.6. The summed E-state index contributed by atoms with van der Waals surface area (Å²) in [5.41, 5.74) is 1.12. The molecule has 5 heteroatoms. The van der Waals surface area contributed by atoms with Crippen molar-refractivity contribution in [3.05, 3.63) is 63.6 Å². The summed E-state index contributed by atoms with van der Waals surface area (Å²) >= 11 is 0.915. The minimum Gasteiger partial charge on any atom is -0.497 e. The molecule has 3 aromatic rings. The number of ether oxygens (including phenoxy) is 1. The number of carbonyl (C=O) groups is 1. The second-order valence-electron chi connectivity index (χ2n) is 4.23. The van der Waals surface area contributed by atoms with Crippen LogP contribution in [0.5, 0.6) is 5.75 Å². The Hall–Kier alpha value is -2.40. The van der Waals surface area contributed by atoms with Crippen LogP contribution in [0.3, 0.4) is 0 Å². The summed E-state index contributed by atoms with van der Waals surface area (Å²) in [6.07, 6.45) is 0. The van der Waals surface area contributed by atoms with E-state index in [-0.39, 0.29) is 10.6 Å². The zero-order valence-corrected chi connectivity index (χ0v) is 11.5. The van der Waals surface area contributed by atoms with E-state index in [0.717, 1.165) is 11.5 Å². The van der Waals surface area contributed by atoms with Crippen LogP contribution in [0.15, 0.2) is 53.3 Å². The van der Waals surface area contributed by atoms with Gasteiger partial charge in [-0.3, -0.25) is 9.59 Å². The van der Waals surface area contributed by atoms with Crippen LogP contribution >= 0.6 is 11.5 Å². The van der Waals surface area contributed by atoms with Crippen molar-refractivity contribution in [2.75, 3.05) is 7.11 Å². The molecular formula is C15H11NO3S. The van der Waals surface area contributed by atoms with Crippen LogP contribution in [0.4, 0.5) is 0 Å². The Bertz CT molecular complexity index is 847. The third kappa shape index (κ3) is 2.02. The summed E-state index contributed by atoms with van der Waals surface area (Å²) in [4.78, 5) is 24.4. The predicted molar refractivity (Wildman–Crippen MR) is 78.8 cm³/mol. The molecule has 0 N–H and O–H groups in total. The predicted octanol–water partition coefficient (Wildman–Crippen LogP) is 2.76. The average Bonchev–Trinajstić information content (AvgIpc) is 2.84. The van der Waals surface area contributed by atoms with Crippen molar-refractivity contribution in [2.24, 2.45) is 0 Å². The smallest absolute Gasteiger partial charge is 0.271 e.